The Bertz CT molecular complexity index is 684. The number of quaternary nitrogens is 1. The summed E-state index contributed by atoms with van der Waals surface area (Å²) in [6.07, 6.45) is 1.93. The number of benzene rings is 1. The number of hydrogen-bond acceptors (Lipinski definition) is 2. The van der Waals surface area contributed by atoms with E-state index in [1.54, 1.807) is 24.1 Å². The first kappa shape index (κ1) is 17.4. The third-order valence-electron chi connectivity index (χ3n) is 4.66. The number of halogens is 1. The van der Waals surface area contributed by atoms with Crippen LogP contribution < -0.4 is 14.8 Å². The molecule has 0 aliphatic carbocycles. The van der Waals surface area contributed by atoms with E-state index in [-0.39, 0.29) is 11.7 Å². The number of aromatic amines is 1. The van der Waals surface area contributed by atoms with E-state index in [0.717, 1.165) is 37.6 Å². The van der Waals surface area contributed by atoms with E-state index in [1.807, 2.05) is 18.3 Å². The van der Waals surface area contributed by atoms with Crippen molar-refractivity contribution in [1.82, 2.24) is 4.90 Å². The van der Waals surface area contributed by atoms with Crippen LogP contribution in [0.15, 0.2) is 48.7 Å². The normalized spacial score (nSPS) is 15.2. The molecule has 0 spiro atoms. The fraction of sp³-hybridized carbons (Fsp3) is 0.368. The number of anilines is 1. The average molecular weight is 344 g/mol. The molecule has 1 saturated heterocycles. The van der Waals surface area contributed by atoms with Crippen molar-refractivity contribution in [2.45, 2.75) is 6.54 Å². The number of carbonyl (C=O) groups excluding carboxylic acids is 1. The highest BCUT2D eigenvalue weighted by atomic mass is 19.1. The lowest BCUT2D eigenvalue weighted by molar-refractivity contribution is -0.892. The number of aromatic nitrogens is 1. The van der Waals surface area contributed by atoms with Crippen LogP contribution in [0, 0.1) is 5.82 Å². The summed E-state index contributed by atoms with van der Waals surface area (Å²) in [5, 5.41) is 0. The topological polar surface area (TPSA) is 42.1 Å². The van der Waals surface area contributed by atoms with Gasteiger partial charge in [0.15, 0.2) is 6.54 Å². The molecule has 3 rings (SSSR count). The average Bonchev–Trinajstić information content (AvgIpc) is 2.65. The van der Waals surface area contributed by atoms with E-state index in [0.29, 0.717) is 13.1 Å². The Kier molecular flexibility index (Phi) is 5.60. The number of carbonyl (C=O) groups is 1. The van der Waals surface area contributed by atoms with Gasteiger partial charge in [-0.2, -0.15) is 0 Å². The van der Waals surface area contributed by atoms with Crippen LogP contribution in [-0.4, -0.2) is 50.6 Å². The van der Waals surface area contributed by atoms with Gasteiger partial charge in [-0.05, 0) is 23.8 Å². The summed E-state index contributed by atoms with van der Waals surface area (Å²) in [6, 6.07) is 12.4. The Morgan fingerprint density at radius 2 is 1.92 bits per heavy atom. The summed E-state index contributed by atoms with van der Waals surface area (Å²) in [4.78, 5) is 21.0. The number of H-pyrrole nitrogens is 1. The summed E-state index contributed by atoms with van der Waals surface area (Å²) >= 11 is 0. The molecule has 5 nitrogen and oxygen atoms in total. The molecule has 1 aliphatic heterocycles. The molecule has 2 heterocycles. The van der Waals surface area contributed by atoms with Crippen molar-refractivity contribution in [2.24, 2.45) is 0 Å². The molecule has 25 heavy (non-hydrogen) atoms. The molecule has 0 radical (unpaired) electrons. The quantitative estimate of drug-likeness (QED) is 0.830. The smallest absolute Gasteiger partial charge is 0.277 e. The summed E-state index contributed by atoms with van der Waals surface area (Å²) < 4.78 is 13.0. The molecule has 6 heteroatoms. The molecule has 2 N–H and O–H groups in total. The Morgan fingerprint density at radius 3 is 2.56 bits per heavy atom. The maximum absolute atomic E-state index is 13.0. The summed E-state index contributed by atoms with van der Waals surface area (Å²) in [5.41, 5.74) is 0.941. The van der Waals surface area contributed by atoms with Crippen molar-refractivity contribution in [3.8, 4) is 0 Å². The van der Waals surface area contributed by atoms with Gasteiger partial charge in [0.1, 0.15) is 32.0 Å². The molecule has 1 aliphatic rings. The van der Waals surface area contributed by atoms with Crippen molar-refractivity contribution in [2.75, 3.05) is 44.7 Å². The molecule has 1 aromatic carbocycles. The van der Waals surface area contributed by atoms with Crippen molar-refractivity contribution >= 4 is 11.7 Å². The van der Waals surface area contributed by atoms with E-state index >= 15 is 0 Å². The summed E-state index contributed by atoms with van der Waals surface area (Å²) in [6.45, 7) is 4.77. The van der Waals surface area contributed by atoms with Crippen LogP contribution in [0.3, 0.4) is 0 Å². The van der Waals surface area contributed by atoms with Gasteiger partial charge in [0.2, 0.25) is 0 Å². The van der Waals surface area contributed by atoms with Crippen LogP contribution in [0.5, 0.6) is 0 Å². The zero-order valence-corrected chi connectivity index (χ0v) is 14.5. The number of hydrogen-bond donors (Lipinski definition) is 1. The highest BCUT2D eigenvalue weighted by Crippen LogP contribution is 2.06. The molecular formula is C19H25FN4O+2. The molecule has 2 aromatic rings. The maximum atomic E-state index is 13.0. The van der Waals surface area contributed by atoms with Crippen LogP contribution in [-0.2, 0) is 11.3 Å². The van der Waals surface area contributed by atoms with Gasteiger partial charge in [-0.1, -0.05) is 18.2 Å². The minimum Gasteiger partial charge on any atom is -0.337 e. The third-order valence-corrected chi connectivity index (χ3v) is 4.66. The van der Waals surface area contributed by atoms with Crippen LogP contribution >= 0.6 is 0 Å². The Hall–Kier alpha value is -2.47. The highest BCUT2D eigenvalue weighted by Gasteiger charge is 2.27. The van der Waals surface area contributed by atoms with E-state index in [4.69, 9.17) is 0 Å². The second-order valence-electron chi connectivity index (χ2n) is 6.54. The lowest BCUT2D eigenvalue weighted by Crippen LogP contribution is -3.15. The highest BCUT2D eigenvalue weighted by molar-refractivity contribution is 5.76. The van der Waals surface area contributed by atoms with Gasteiger partial charge in [-0.3, -0.25) is 9.69 Å². The largest absolute Gasteiger partial charge is 0.337 e. The number of likely N-dealkylation sites (N-methyl/N-ethyl adjacent to an activating group) is 1. The zero-order chi connectivity index (χ0) is 17.6. The monoisotopic (exact) mass is 344 g/mol. The first-order valence-corrected chi connectivity index (χ1v) is 8.65. The Balaban J connectivity index is 1.46. The number of amides is 1. The van der Waals surface area contributed by atoms with E-state index < -0.39 is 0 Å². The van der Waals surface area contributed by atoms with Crippen molar-refractivity contribution < 1.29 is 19.1 Å². The number of piperazine rings is 1. The van der Waals surface area contributed by atoms with Gasteiger partial charge in [0.25, 0.3) is 11.7 Å². The second-order valence-corrected chi connectivity index (χ2v) is 6.54. The molecule has 0 bridgehead atoms. The third kappa shape index (κ3) is 4.76. The molecule has 1 fully saturated rings. The van der Waals surface area contributed by atoms with Gasteiger partial charge in [-0.25, -0.2) is 9.37 Å². The SMILES string of the molecule is CN(Cc1ccc(F)cc1)C(=O)C[NH+]1CCN(c2cccc[nH+]2)CC1. The Morgan fingerprint density at radius 1 is 1.20 bits per heavy atom. The summed E-state index contributed by atoms with van der Waals surface area (Å²) in [5.74, 6) is 0.996. The molecule has 1 amide bonds. The number of pyridine rings is 1. The lowest BCUT2D eigenvalue weighted by atomic mass is 10.2. The van der Waals surface area contributed by atoms with Crippen LogP contribution in [0.2, 0.25) is 0 Å². The minimum atomic E-state index is -0.254. The summed E-state index contributed by atoms with van der Waals surface area (Å²) in [7, 11) is 1.81. The number of rotatable bonds is 5. The van der Waals surface area contributed by atoms with Gasteiger partial charge in [-0.15, -0.1) is 0 Å². The number of nitrogens with one attached hydrogen (secondary N) is 2. The van der Waals surface area contributed by atoms with E-state index in [1.165, 1.54) is 17.0 Å². The number of nitrogens with zero attached hydrogens (tertiary/aromatic N) is 2. The first-order valence-electron chi connectivity index (χ1n) is 8.65. The predicted molar refractivity (Wildman–Crippen MR) is 93.6 cm³/mol. The van der Waals surface area contributed by atoms with Crippen LogP contribution in [0.4, 0.5) is 10.2 Å². The second kappa shape index (κ2) is 8.07. The molecule has 1 aromatic heterocycles. The fourth-order valence-corrected chi connectivity index (χ4v) is 3.12. The minimum absolute atomic E-state index is 0.124. The molecule has 0 unspecified atom stereocenters. The van der Waals surface area contributed by atoms with Crippen molar-refractivity contribution in [3.05, 3.63) is 60.0 Å². The standard InChI is InChI=1S/C19H23FN4O/c1-22(14-16-5-7-17(20)8-6-16)19(25)15-23-10-12-24(13-11-23)18-4-2-3-9-21-18/h2-9H,10-15H2,1H3/p+2. The van der Waals surface area contributed by atoms with Crippen molar-refractivity contribution in [3.63, 3.8) is 0 Å². The van der Waals surface area contributed by atoms with Crippen molar-refractivity contribution in [1.29, 1.82) is 0 Å². The van der Waals surface area contributed by atoms with Gasteiger partial charge in [0, 0.05) is 19.7 Å². The predicted octanol–water partition coefficient (Wildman–Crippen LogP) is 0.00330. The molecule has 0 atom stereocenters. The maximum Gasteiger partial charge on any atom is 0.277 e. The molecular weight excluding hydrogens is 319 g/mol. The van der Waals surface area contributed by atoms with Gasteiger partial charge >= 0.3 is 0 Å². The fourth-order valence-electron chi connectivity index (χ4n) is 3.12. The molecule has 0 saturated carbocycles. The van der Waals surface area contributed by atoms with E-state index in [9.17, 15) is 9.18 Å². The van der Waals surface area contributed by atoms with Crippen LogP contribution in [0.25, 0.3) is 0 Å². The molecule has 132 valence electrons. The van der Waals surface area contributed by atoms with Crippen LogP contribution in [0.1, 0.15) is 5.56 Å². The lowest BCUT2D eigenvalue weighted by Gasteiger charge is -2.29. The first-order chi connectivity index (χ1) is 12.1. The van der Waals surface area contributed by atoms with Gasteiger partial charge < -0.3 is 9.80 Å². The Labute approximate surface area is 147 Å². The van der Waals surface area contributed by atoms with Gasteiger partial charge in [0.05, 0.1) is 6.20 Å². The van der Waals surface area contributed by atoms with E-state index in [2.05, 4.69) is 16.0 Å². The zero-order valence-electron chi connectivity index (χ0n) is 14.5.